The zero-order valence-electron chi connectivity index (χ0n) is 12.6. The van der Waals surface area contributed by atoms with Gasteiger partial charge in [0.1, 0.15) is 0 Å². The SMILES string of the molecule is Cc1cccc(C)c1C(=O)NCCC(N)c1ccccc1. The van der Waals surface area contributed by atoms with Crippen molar-refractivity contribution >= 4 is 5.91 Å². The fourth-order valence-corrected chi connectivity index (χ4v) is 2.47. The molecule has 0 heterocycles. The second-order valence-corrected chi connectivity index (χ2v) is 5.33. The van der Waals surface area contributed by atoms with Crippen molar-refractivity contribution in [3.05, 3.63) is 70.8 Å². The Labute approximate surface area is 126 Å². The van der Waals surface area contributed by atoms with Crippen molar-refractivity contribution in [3.63, 3.8) is 0 Å². The molecule has 0 aliphatic carbocycles. The molecule has 0 saturated carbocycles. The Balaban J connectivity index is 1.90. The molecule has 2 aromatic rings. The summed E-state index contributed by atoms with van der Waals surface area (Å²) in [7, 11) is 0. The smallest absolute Gasteiger partial charge is 0.251 e. The lowest BCUT2D eigenvalue weighted by atomic mass is 10.0. The van der Waals surface area contributed by atoms with E-state index in [0.717, 1.165) is 28.7 Å². The average molecular weight is 282 g/mol. The Morgan fingerprint density at radius 1 is 1.05 bits per heavy atom. The molecule has 0 aromatic heterocycles. The van der Waals surface area contributed by atoms with Gasteiger partial charge in [-0.15, -0.1) is 0 Å². The number of hydrogen-bond donors (Lipinski definition) is 2. The van der Waals surface area contributed by atoms with Crippen LogP contribution in [0.5, 0.6) is 0 Å². The summed E-state index contributed by atoms with van der Waals surface area (Å²) in [6, 6.07) is 15.8. The first-order valence-electron chi connectivity index (χ1n) is 7.24. The molecule has 0 aliphatic heterocycles. The minimum atomic E-state index is -0.0514. The van der Waals surface area contributed by atoms with E-state index in [1.165, 1.54) is 0 Å². The van der Waals surface area contributed by atoms with Crippen LogP contribution < -0.4 is 11.1 Å². The first kappa shape index (κ1) is 15.3. The number of benzene rings is 2. The van der Waals surface area contributed by atoms with Crippen molar-refractivity contribution < 1.29 is 4.79 Å². The van der Waals surface area contributed by atoms with Crippen LogP contribution in [0.3, 0.4) is 0 Å². The van der Waals surface area contributed by atoms with Gasteiger partial charge in [-0.3, -0.25) is 4.79 Å². The first-order chi connectivity index (χ1) is 10.1. The number of carbonyl (C=O) groups excluding carboxylic acids is 1. The van der Waals surface area contributed by atoms with Crippen LogP contribution in [0.15, 0.2) is 48.5 Å². The molecule has 2 aromatic carbocycles. The second kappa shape index (κ2) is 7.04. The number of nitrogens with one attached hydrogen (secondary N) is 1. The maximum absolute atomic E-state index is 12.3. The fraction of sp³-hybridized carbons (Fsp3) is 0.278. The van der Waals surface area contributed by atoms with Crippen LogP contribution in [0.2, 0.25) is 0 Å². The van der Waals surface area contributed by atoms with E-state index in [-0.39, 0.29) is 11.9 Å². The molecular weight excluding hydrogens is 260 g/mol. The summed E-state index contributed by atoms with van der Waals surface area (Å²) in [5.41, 5.74) is 9.99. The highest BCUT2D eigenvalue weighted by atomic mass is 16.1. The van der Waals surface area contributed by atoms with E-state index in [4.69, 9.17) is 5.73 Å². The lowest BCUT2D eigenvalue weighted by molar-refractivity contribution is 0.0951. The van der Waals surface area contributed by atoms with E-state index in [9.17, 15) is 4.79 Å². The third-order valence-electron chi connectivity index (χ3n) is 3.68. The van der Waals surface area contributed by atoms with Crippen LogP contribution in [0.25, 0.3) is 0 Å². The molecule has 2 rings (SSSR count). The van der Waals surface area contributed by atoms with E-state index < -0.39 is 0 Å². The third-order valence-corrected chi connectivity index (χ3v) is 3.68. The Kier molecular flexibility index (Phi) is 5.12. The molecule has 21 heavy (non-hydrogen) atoms. The predicted octanol–water partition coefficient (Wildman–Crippen LogP) is 3.12. The van der Waals surface area contributed by atoms with E-state index in [2.05, 4.69) is 5.32 Å². The van der Waals surface area contributed by atoms with Crippen molar-refractivity contribution in [1.82, 2.24) is 5.32 Å². The van der Waals surface area contributed by atoms with Crippen molar-refractivity contribution in [2.24, 2.45) is 5.73 Å². The van der Waals surface area contributed by atoms with Gasteiger partial charge in [0, 0.05) is 18.2 Å². The maximum atomic E-state index is 12.3. The number of carbonyl (C=O) groups is 1. The van der Waals surface area contributed by atoms with Gasteiger partial charge in [0.25, 0.3) is 5.91 Å². The van der Waals surface area contributed by atoms with Crippen molar-refractivity contribution in [2.45, 2.75) is 26.3 Å². The molecule has 0 fully saturated rings. The molecule has 1 amide bonds. The van der Waals surface area contributed by atoms with Crippen LogP contribution >= 0.6 is 0 Å². The van der Waals surface area contributed by atoms with E-state index in [1.807, 2.05) is 62.4 Å². The first-order valence-corrected chi connectivity index (χ1v) is 7.24. The number of aryl methyl sites for hydroxylation is 2. The van der Waals surface area contributed by atoms with Crippen LogP contribution in [-0.4, -0.2) is 12.5 Å². The highest BCUT2D eigenvalue weighted by molar-refractivity contribution is 5.97. The lowest BCUT2D eigenvalue weighted by Gasteiger charge is -2.14. The van der Waals surface area contributed by atoms with Gasteiger partial charge in [0.2, 0.25) is 0 Å². The van der Waals surface area contributed by atoms with Crippen LogP contribution in [-0.2, 0) is 0 Å². The number of nitrogens with two attached hydrogens (primary N) is 1. The van der Waals surface area contributed by atoms with Gasteiger partial charge in [-0.1, -0.05) is 48.5 Å². The van der Waals surface area contributed by atoms with Crippen LogP contribution in [0.4, 0.5) is 0 Å². The van der Waals surface area contributed by atoms with Crippen LogP contribution in [0.1, 0.15) is 39.5 Å². The van der Waals surface area contributed by atoms with Gasteiger partial charge >= 0.3 is 0 Å². The molecule has 1 unspecified atom stereocenters. The number of amides is 1. The summed E-state index contributed by atoms with van der Waals surface area (Å²) in [6.45, 7) is 4.48. The van der Waals surface area contributed by atoms with E-state index in [0.29, 0.717) is 6.54 Å². The number of rotatable bonds is 5. The summed E-state index contributed by atoms with van der Waals surface area (Å²) in [5, 5.41) is 2.96. The molecule has 3 heteroatoms. The molecule has 1 atom stereocenters. The molecule has 0 radical (unpaired) electrons. The monoisotopic (exact) mass is 282 g/mol. The van der Waals surface area contributed by atoms with E-state index >= 15 is 0 Å². The summed E-state index contributed by atoms with van der Waals surface area (Å²) in [4.78, 5) is 12.3. The molecule has 110 valence electrons. The summed E-state index contributed by atoms with van der Waals surface area (Å²) in [5.74, 6) is -0.0224. The zero-order chi connectivity index (χ0) is 15.2. The minimum Gasteiger partial charge on any atom is -0.352 e. The summed E-state index contributed by atoms with van der Waals surface area (Å²) >= 11 is 0. The fourth-order valence-electron chi connectivity index (χ4n) is 2.47. The molecule has 3 N–H and O–H groups in total. The molecule has 0 saturated heterocycles. The van der Waals surface area contributed by atoms with Crippen molar-refractivity contribution in [1.29, 1.82) is 0 Å². The van der Waals surface area contributed by atoms with Gasteiger partial charge in [0.05, 0.1) is 0 Å². The summed E-state index contributed by atoms with van der Waals surface area (Å²) in [6.07, 6.45) is 0.723. The van der Waals surface area contributed by atoms with E-state index in [1.54, 1.807) is 0 Å². The zero-order valence-corrected chi connectivity index (χ0v) is 12.6. The average Bonchev–Trinajstić information content (AvgIpc) is 2.48. The Morgan fingerprint density at radius 2 is 1.67 bits per heavy atom. The van der Waals surface area contributed by atoms with Crippen LogP contribution in [0, 0.1) is 13.8 Å². The predicted molar refractivity (Wildman–Crippen MR) is 86.2 cm³/mol. The quantitative estimate of drug-likeness (QED) is 0.885. The highest BCUT2D eigenvalue weighted by Crippen LogP contribution is 2.14. The minimum absolute atomic E-state index is 0.0224. The molecule has 0 bridgehead atoms. The topological polar surface area (TPSA) is 55.1 Å². The largest absolute Gasteiger partial charge is 0.352 e. The van der Waals surface area contributed by atoms with Crippen molar-refractivity contribution in [2.75, 3.05) is 6.54 Å². The third kappa shape index (κ3) is 3.92. The number of hydrogen-bond acceptors (Lipinski definition) is 2. The normalized spacial score (nSPS) is 12.0. The molecule has 0 aliphatic rings. The van der Waals surface area contributed by atoms with Gasteiger partial charge in [0.15, 0.2) is 0 Å². The van der Waals surface area contributed by atoms with Crippen molar-refractivity contribution in [3.8, 4) is 0 Å². The molecule has 0 spiro atoms. The van der Waals surface area contributed by atoms with Gasteiger partial charge in [-0.2, -0.15) is 0 Å². The highest BCUT2D eigenvalue weighted by Gasteiger charge is 2.12. The Bertz CT molecular complexity index is 588. The maximum Gasteiger partial charge on any atom is 0.251 e. The molecular formula is C18H22N2O. The Morgan fingerprint density at radius 3 is 2.29 bits per heavy atom. The van der Waals surface area contributed by atoms with Gasteiger partial charge in [-0.05, 0) is 37.0 Å². The second-order valence-electron chi connectivity index (χ2n) is 5.33. The Hall–Kier alpha value is -2.13. The standard InChI is InChI=1S/C18H22N2O/c1-13-7-6-8-14(2)17(13)18(21)20-12-11-16(19)15-9-4-3-5-10-15/h3-10,16H,11-12,19H2,1-2H3,(H,20,21). The van der Waals surface area contributed by atoms with Gasteiger partial charge < -0.3 is 11.1 Å². The summed E-state index contributed by atoms with van der Waals surface area (Å²) < 4.78 is 0. The van der Waals surface area contributed by atoms with Gasteiger partial charge in [-0.25, -0.2) is 0 Å². The lowest BCUT2D eigenvalue weighted by Crippen LogP contribution is -2.28. The molecule has 3 nitrogen and oxygen atoms in total.